The topological polar surface area (TPSA) is 32.3 Å². The molecule has 1 N–H and O–H groups in total. The minimum absolute atomic E-state index is 0.113. The van der Waals surface area contributed by atoms with Crippen LogP contribution in [0.2, 0.25) is 0 Å². The normalized spacial score (nSPS) is 10.7. The summed E-state index contributed by atoms with van der Waals surface area (Å²) in [4.78, 5) is 14.1. The first-order valence-corrected chi connectivity index (χ1v) is 7.20. The summed E-state index contributed by atoms with van der Waals surface area (Å²) in [7, 11) is 0. The molecule has 1 aromatic carbocycles. The Morgan fingerprint density at radius 3 is 2.21 bits per heavy atom. The average Bonchev–Trinajstić information content (AvgIpc) is 2.39. The zero-order chi connectivity index (χ0) is 14.1. The molecule has 19 heavy (non-hydrogen) atoms. The van der Waals surface area contributed by atoms with Crippen LogP contribution in [0.25, 0.3) is 0 Å². The maximum atomic E-state index is 11.9. The molecule has 1 rings (SSSR count). The summed E-state index contributed by atoms with van der Waals surface area (Å²) >= 11 is 0. The number of nitrogens with zero attached hydrogens (tertiary/aromatic N) is 1. The number of hydrogen-bond acceptors (Lipinski definition) is 2. The van der Waals surface area contributed by atoms with Crippen LogP contribution in [-0.2, 0) is 11.3 Å². The van der Waals surface area contributed by atoms with Gasteiger partial charge in [-0.25, -0.2) is 0 Å². The van der Waals surface area contributed by atoms with Gasteiger partial charge in [0.1, 0.15) is 0 Å². The zero-order valence-electron chi connectivity index (χ0n) is 12.4. The van der Waals surface area contributed by atoms with Gasteiger partial charge in [-0.2, -0.15) is 0 Å². The third-order valence-corrected chi connectivity index (χ3v) is 3.06. The highest BCUT2D eigenvalue weighted by molar-refractivity contribution is 5.78. The minimum Gasteiger partial charge on any atom is -0.351 e. The summed E-state index contributed by atoms with van der Waals surface area (Å²) in [5, 5.41) is 2.99. The van der Waals surface area contributed by atoms with Gasteiger partial charge in [-0.15, -0.1) is 0 Å². The minimum atomic E-state index is 0.113. The first-order valence-electron chi connectivity index (χ1n) is 7.20. The highest BCUT2D eigenvalue weighted by Gasteiger charge is 2.08. The molecule has 0 heterocycles. The largest absolute Gasteiger partial charge is 0.351 e. The summed E-state index contributed by atoms with van der Waals surface area (Å²) in [6.07, 6.45) is 2.18. The van der Waals surface area contributed by atoms with Gasteiger partial charge in [-0.1, -0.05) is 43.7 Å². The lowest BCUT2D eigenvalue weighted by Crippen LogP contribution is -2.37. The van der Waals surface area contributed by atoms with Crippen LogP contribution in [0.4, 0.5) is 0 Å². The van der Waals surface area contributed by atoms with Crippen molar-refractivity contribution in [3.05, 3.63) is 35.4 Å². The summed E-state index contributed by atoms with van der Waals surface area (Å²) in [5.74, 6) is 0.113. The highest BCUT2D eigenvalue weighted by atomic mass is 16.2. The van der Waals surface area contributed by atoms with Crippen molar-refractivity contribution in [3.63, 3.8) is 0 Å². The van der Waals surface area contributed by atoms with Gasteiger partial charge in [-0.05, 0) is 38.4 Å². The van der Waals surface area contributed by atoms with Crippen LogP contribution in [-0.4, -0.2) is 30.4 Å². The van der Waals surface area contributed by atoms with E-state index in [1.54, 1.807) is 0 Å². The molecule has 0 aliphatic rings. The first kappa shape index (κ1) is 15.7. The molecule has 3 heteroatoms. The molecule has 0 spiro atoms. The van der Waals surface area contributed by atoms with E-state index in [9.17, 15) is 4.79 Å². The molecule has 106 valence electrons. The van der Waals surface area contributed by atoms with E-state index in [4.69, 9.17) is 0 Å². The van der Waals surface area contributed by atoms with Gasteiger partial charge in [0.2, 0.25) is 5.91 Å². The second-order valence-corrected chi connectivity index (χ2v) is 5.04. The van der Waals surface area contributed by atoms with Crippen LogP contribution in [0.5, 0.6) is 0 Å². The van der Waals surface area contributed by atoms with E-state index in [1.165, 1.54) is 5.56 Å². The van der Waals surface area contributed by atoms with Crippen LogP contribution in [0.1, 0.15) is 37.8 Å². The lowest BCUT2D eigenvalue weighted by atomic mass is 10.1. The van der Waals surface area contributed by atoms with Crippen LogP contribution >= 0.6 is 0 Å². The predicted molar refractivity (Wildman–Crippen MR) is 80.0 cm³/mol. The molecular weight excluding hydrogens is 236 g/mol. The Morgan fingerprint density at radius 1 is 1.11 bits per heavy atom. The van der Waals surface area contributed by atoms with Gasteiger partial charge < -0.3 is 5.32 Å². The van der Waals surface area contributed by atoms with Crippen LogP contribution in [0.15, 0.2) is 24.3 Å². The number of carbonyl (C=O) groups is 1. The maximum Gasteiger partial charge on any atom is 0.234 e. The lowest BCUT2D eigenvalue weighted by molar-refractivity contribution is -0.122. The molecule has 1 aromatic rings. The van der Waals surface area contributed by atoms with E-state index in [1.807, 2.05) is 0 Å². The van der Waals surface area contributed by atoms with Crippen molar-refractivity contribution in [1.82, 2.24) is 10.2 Å². The smallest absolute Gasteiger partial charge is 0.234 e. The molecule has 0 atom stereocenters. The van der Waals surface area contributed by atoms with Gasteiger partial charge >= 0.3 is 0 Å². The fraction of sp³-hybridized carbons (Fsp3) is 0.562. The van der Waals surface area contributed by atoms with Gasteiger partial charge in [0.15, 0.2) is 0 Å². The molecule has 3 nitrogen and oxygen atoms in total. The number of rotatable bonds is 8. The van der Waals surface area contributed by atoms with E-state index in [-0.39, 0.29) is 5.91 Å². The Kier molecular flexibility index (Phi) is 7.19. The lowest BCUT2D eigenvalue weighted by Gasteiger charge is -2.20. The van der Waals surface area contributed by atoms with Crippen molar-refractivity contribution in [2.75, 3.05) is 19.6 Å². The molecule has 0 saturated carbocycles. The van der Waals surface area contributed by atoms with E-state index in [0.717, 1.165) is 31.5 Å². The quantitative estimate of drug-likeness (QED) is 0.781. The highest BCUT2D eigenvalue weighted by Crippen LogP contribution is 2.02. The van der Waals surface area contributed by atoms with E-state index in [2.05, 4.69) is 55.3 Å². The molecule has 1 amide bonds. The molecular formula is C16H26N2O. The van der Waals surface area contributed by atoms with Crippen molar-refractivity contribution < 1.29 is 4.79 Å². The van der Waals surface area contributed by atoms with Crippen molar-refractivity contribution in [3.8, 4) is 0 Å². The Morgan fingerprint density at radius 2 is 1.68 bits per heavy atom. The van der Waals surface area contributed by atoms with E-state index >= 15 is 0 Å². The molecule has 0 radical (unpaired) electrons. The zero-order valence-corrected chi connectivity index (χ0v) is 12.4. The van der Waals surface area contributed by atoms with Crippen molar-refractivity contribution in [2.45, 2.75) is 40.2 Å². The van der Waals surface area contributed by atoms with Gasteiger partial charge in [0.25, 0.3) is 0 Å². The predicted octanol–water partition coefficient (Wildman–Crippen LogP) is 2.73. The summed E-state index contributed by atoms with van der Waals surface area (Å²) in [6, 6.07) is 8.26. The Labute approximate surface area is 117 Å². The van der Waals surface area contributed by atoms with E-state index in [0.29, 0.717) is 13.1 Å². The van der Waals surface area contributed by atoms with Crippen LogP contribution in [0, 0.1) is 6.92 Å². The van der Waals surface area contributed by atoms with Gasteiger partial charge in [0.05, 0.1) is 6.54 Å². The third kappa shape index (κ3) is 6.39. The third-order valence-electron chi connectivity index (χ3n) is 3.06. The van der Waals surface area contributed by atoms with Crippen molar-refractivity contribution in [1.29, 1.82) is 0 Å². The Balaban J connectivity index is 2.35. The fourth-order valence-electron chi connectivity index (χ4n) is 2.07. The summed E-state index contributed by atoms with van der Waals surface area (Å²) in [6.45, 7) is 9.46. The number of benzene rings is 1. The van der Waals surface area contributed by atoms with Crippen LogP contribution in [0.3, 0.4) is 0 Å². The second-order valence-electron chi connectivity index (χ2n) is 5.04. The standard InChI is InChI=1S/C16H26N2O/c1-4-10-18(11-5-2)13-16(19)17-12-15-8-6-14(3)7-9-15/h6-9H,4-5,10-13H2,1-3H3,(H,17,19). The molecule has 0 fully saturated rings. The van der Waals surface area contributed by atoms with Crippen molar-refractivity contribution >= 4 is 5.91 Å². The van der Waals surface area contributed by atoms with E-state index < -0.39 is 0 Å². The summed E-state index contributed by atoms with van der Waals surface area (Å²) < 4.78 is 0. The molecule has 0 bridgehead atoms. The Hall–Kier alpha value is -1.35. The van der Waals surface area contributed by atoms with Gasteiger partial charge in [-0.3, -0.25) is 9.69 Å². The monoisotopic (exact) mass is 262 g/mol. The molecule has 0 aliphatic carbocycles. The summed E-state index contributed by atoms with van der Waals surface area (Å²) in [5.41, 5.74) is 2.39. The molecule has 0 aromatic heterocycles. The number of hydrogen-bond donors (Lipinski definition) is 1. The average molecular weight is 262 g/mol. The number of aryl methyl sites for hydroxylation is 1. The first-order chi connectivity index (χ1) is 9.15. The maximum absolute atomic E-state index is 11.9. The number of carbonyl (C=O) groups excluding carboxylic acids is 1. The van der Waals surface area contributed by atoms with Gasteiger partial charge in [0, 0.05) is 6.54 Å². The number of nitrogens with one attached hydrogen (secondary N) is 1. The van der Waals surface area contributed by atoms with Crippen LogP contribution < -0.4 is 5.32 Å². The molecule has 0 unspecified atom stereocenters. The molecule has 0 saturated heterocycles. The number of amides is 1. The SMILES string of the molecule is CCCN(CCC)CC(=O)NCc1ccc(C)cc1. The second kappa shape index (κ2) is 8.70. The van der Waals surface area contributed by atoms with Crippen molar-refractivity contribution in [2.24, 2.45) is 0 Å². The fourth-order valence-corrected chi connectivity index (χ4v) is 2.07. The molecule has 0 aliphatic heterocycles. The Bertz CT molecular complexity index is 367.